The minimum atomic E-state index is -0.0928. The third kappa shape index (κ3) is 6.89. The number of unbranched alkanes of at least 4 members (excludes halogenated alkanes) is 2. The summed E-state index contributed by atoms with van der Waals surface area (Å²) in [6, 6.07) is 0. The van der Waals surface area contributed by atoms with E-state index in [1.165, 1.54) is 0 Å². The summed E-state index contributed by atoms with van der Waals surface area (Å²) in [6.07, 6.45) is 3.28. The summed E-state index contributed by atoms with van der Waals surface area (Å²) in [5, 5.41) is 0. The minimum Gasteiger partial charge on any atom is -0.465 e. The number of hydrogen-bond donors (Lipinski definition) is 0. The summed E-state index contributed by atoms with van der Waals surface area (Å²) in [5.41, 5.74) is 0. The molecule has 0 aromatic carbocycles. The molecule has 0 aromatic heterocycles. The van der Waals surface area contributed by atoms with Crippen LogP contribution in [0.4, 0.5) is 0 Å². The van der Waals surface area contributed by atoms with Gasteiger partial charge in [-0.25, -0.2) is 0 Å². The first-order chi connectivity index (χ1) is 6.74. The Hall–Kier alpha value is -0.570. The molecule has 3 heteroatoms. The zero-order valence-electron chi connectivity index (χ0n) is 9.71. The molecule has 0 saturated carbocycles. The van der Waals surface area contributed by atoms with Crippen molar-refractivity contribution in [2.45, 2.75) is 40.0 Å². The maximum atomic E-state index is 11.3. The van der Waals surface area contributed by atoms with Gasteiger partial charge in [0.1, 0.15) is 0 Å². The second kappa shape index (κ2) is 9.00. The molecule has 0 fully saturated rings. The molecule has 0 radical (unpaired) electrons. The molecule has 0 saturated heterocycles. The van der Waals surface area contributed by atoms with Gasteiger partial charge in [-0.15, -0.1) is 0 Å². The fraction of sp³-hybridized carbons (Fsp3) is 0.909. The van der Waals surface area contributed by atoms with Gasteiger partial charge in [-0.2, -0.15) is 0 Å². The van der Waals surface area contributed by atoms with E-state index in [2.05, 4.69) is 11.8 Å². The van der Waals surface area contributed by atoms with Gasteiger partial charge < -0.3 is 4.74 Å². The van der Waals surface area contributed by atoms with Crippen LogP contribution in [0, 0.1) is 0 Å². The Morgan fingerprint density at radius 1 is 1.14 bits per heavy atom. The molecule has 84 valence electrons. The molecule has 0 aromatic rings. The fourth-order valence-electron chi connectivity index (χ4n) is 1.21. The zero-order chi connectivity index (χ0) is 10.8. The van der Waals surface area contributed by atoms with Crippen LogP contribution in [0.3, 0.4) is 0 Å². The molecule has 3 nitrogen and oxygen atoms in total. The van der Waals surface area contributed by atoms with Gasteiger partial charge in [-0.1, -0.05) is 33.6 Å². The largest absolute Gasteiger partial charge is 0.465 e. The average Bonchev–Trinajstić information content (AvgIpc) is 2.21. The summed E-state index contributed by atoms with van der Waals surface area (Å²) >= 11 is 0. The molecule has 0 amide bonds. The highest BCUT2D eigenvalue weighted by atomic mass is 16.5. The molecule has 0 atom stereocenters. The quantitative estimate of drug-likeness (QED) is 0.445. The van der Waals surface area contributed by atoms with Crippen molar-refractivity contribution in [3.63, 3.8) is 0 Å². The maximum absolute atomic E-state index is 11.3. The number of likely N-dealkylation sites (N-methyl/N-ethyl adjacent to an activating group) is 1. The molecule has 0 aliphatic heterocycles. The van der Waals surface area contributed by atoms with E-state index in [0.717, 1.165) is 32.4 Å². The number of nitrogens with zero attached hydrogens (tertiary/aromatic N) is 1. The van der Waals surface area contributed by atoms with Gasteiger partial charge >= 0.3 is 5.97 Å². The first kappa shape index (κ1) is 13.4. The molecule has 0 unspecified atom stereocenters. The van der Waals surface area contributed by atoms with Crippen molar-refractivity contribution >= 4 is 5.97 Å². The summed E-state index contributed by atoms with van der Waals surface area (Å²) in [5.74, 6) is -0.0928. The van der Waals surface area contributed by atoms with Crippen LogP contribution in [0.25, 0.3) is 0 Å². The van der Waals surface area contributed by atoms with Crippen molar-refractivity contribution in [2.75, 3.05) is 26.2 Å². The summed E-state index contributed by atoms with van der Waals surface area (Å²) in [6.45, 7) is 9.05. The summed E-state index contributed by atoms with van der Waals surface area (Å²) < 4.78 is 5.10. The summed E-state index contributed by atoms with van der Waals surface area (Å²) in [7, 11) is 0. The van der Waals surface area contributed by atoms with Crippen LogP contribution in [0.1, 0.15) is 40.0 Å². The van der Waals surface area contributed by atoms with E-state index in [-0.39, 0.29) is 5.97 Å². The van der Waals surface area contributed by atoms with Crippen LogP contribution in [0.5, 0.6) is 0 Å². The second-order valence-electron chi connectivity index (χ2n) is 3.39. The predicted octanol–water partition coefficient (Wildman–Crippen LogP) is 2.06. The van der Waals surface area contributed by atoms with Gasteiger partial charge in [-0.05, 0) is 19.5 Å². The van der Waals surface area contributed by atoms with Gasteiger partial charge in [0.25, 0.3) is 0 Å². The van der Waals surface area contributed by atoms with E-state index >= 15 is 0 Å². The molecule has 0 bridgehead atoms. The highest BCUT2D eigenvalue weighted by Crippen LogP contribution is 1.95. The molecule has 0 heterocycles. The van der Waals surface area contributed by atoms with E-state index < -0.39 is 0 Å². The third-order valence-electron chi connectivity index (χ3n) is 2.26. The topological polar surface area (TPSA) is 29.5 Å². The average molecular weight is 201 g/mol. The van der Waals surface area contributed by atoms with Gasteiger partial charge in [0.05, 0.1) is 13.2 Å². The molecule has 0 rings (SSSR count). The Morgan fingerprint density at radius 3 is 2.29 bits per heavy atom. The Bertz CT molecular complexity index is 144. The molecule has 0 spiro atoms. The Labute approximate surface area is 87.4 Å². The van der Waals surface area contributed by atoms with Crippen LogP contribution < -0.4 is 0 Å². The van der Waals surface area contributed by atoms with E-state index in [4.69, 9.17) is 4.74 Å². The lowest BCUT2D eigenvalue weighted by molar-refractivity contribution is -0.145. The number of carbonyl (C=O) groups excluding carboxylic acids is 1. The van der Waals surface area contributed by atoms with Gasteiger partial charge in [0.2, 0.25) is 0 Å². The third-order valence-corrected chi connectivity index (χ3v) is 2.26. The Morgan fingerprint density at radius 2 is 1.79 bits per heavy atom. The van der Waals surface area contributed by atoms with Gasteiger partial charge in [0, 0.05) is 0 Å². The SMILES string of the molecule is CCCCCOC(=O)CN(CC)CC. The van der Waals surface area contributed by atoms with Crippen molar-refractivity contribution in [3.8, 4) is 0 Å². The highest BCUT2D eigenvalue weighted by molar-refractivity contribution is 5.71. The Kier molecular flexibility index (Phi) is 8.64. The van der Waals surface area contributed by atoms with E-state index in [1.54, 1.807) is 0 Å². The van der Waals surface area contributed by atoms with Crippen LogP contribution in [0.2, 0.25) is 0 Å². The van der Waals surface area contributed by atoms with E-state index in [1.807, 2.05) is 13.8 Å². The normalized spacial score (nSPS) is 10.6. The molecule has 0 aliphatic carbocycles. The van der Waals surface area contributed by atoms with Crippen molar-refractivity contribution in [3.05, 3.63) is 0 Å². The highest BCUT2D eigenvalue weighted by Gasteiger charge is 2.07. The number of rotatable bonds is 8. The number of hydrogen-bond acceptors (Lipinski definition) is 3. The second-order valence-corrected chi connectivity index (χ2v) is 3.39. The number of ether oxygens (including phenoxy) is 1. The minimum absolute atomic E-state index is 0.0928. The molecular formula is C11H23NO2. The first-order valence-electron chi connectivity index (χ1n) is 5.62. The lowest BCUT2D eigenvalue weighted by atomic mass is 10.3. The van der Waals surface area contributed by atoms with Crippen molar-refractivity contribution in [1.82, 2.24) is 4.90 Å². The van der Waals surface area contributed by atoms with Gasteiger partial charge in [0.15, 0.2) is 0 Å². The molecule has 0 N–H and O–H groups in total. The number of esters is 1. The smallest absolute Gasteiger partial charge is 0.320 e. The van der Waals surface area contributed by atoms with Crippen LogP contribution >= 0.6 is 0 Å². The van der Waals surface area contributed by atoms with Crippen LogP contribution in [-0.4, -0.2) is 37.1 Å². The first-order valence-corrected chi connectivity index (χ1v) is 5.62. The molecule has 14 heavy (non-hydrogen) atoms. The lowest BCUT2D eigenvalue weighted by Crippen LogP contribution is -2.30. The summed E-state index contributed by atoms with van der Waals surface area (Å²) in [4.78, 5) is 13.3. The standard InChI is InChI=1S/C11H23NO2/c1-4-7-8-9-14-11(13)10-12(5-2)6-3/h4-10H2,1-3H3. The molecule has 0 aliphatic rings. The predicted molar refractivity (Wildman–Crippen MR) is 58.3 cm³/mol. The van der Waals surface area contributed by atoms with E-state index in [9.17, 15) is 4.79 Å². The van der Waals surface area contributed by atoms with Crippen molar-refractivity contribution in [2.24, 2.45) is 0 Å². The van der Waals surface area contributed by atoms with Crippen molar-refractivity contribution in [1.29, 1.82) is 0 Å². The maximum Gasteiger partial charge on any atom is 0.320 e. The zero-order valence-corrected chi connectivity index (χ0v) is 9.71. The van der Waals surface area contributed by atoms with Crippen LogP contribution in [0.15, 0.2) is 0 Å². The monoisotopic (exact) mass is 201 g/mol. The van der Waals surface area contributed by atoms with Crippen LogP contribution in [-0.2, 0) is 9.53 Å². The number of carbonyl (C=O) groups is 1. The Balaban J connectivity index is 3.44. The van der Waals surface area contributed by atoms with Crippen molar-refractivity contribution < 1.29 is 9.53 Å². The lowest BCUT2D eigenvalue weighted by Gasteiger charge is -2.16. The van der Waals surface area contributed by atoms with Gasteiger partial charge in [-0.3, -0.25) is 9.69 Å². The molecular weight excluding hydrogens is 178 g/mol. The fourth-order valence-corrected chi connectivity index (χ4v) is 1.21. The van der Waals surface area contributed by atoms with E-state index in [0.29, 0.717) is 13.2 Å².